The predicted molar refractivity (Wildman–Crippen MR) is 64.0 cm³/mol. The highest BCUT2D eigenvalue weighted by molar-refractivity contribution is 5.02. The molecule has 0 aliphatic carbocycles. The van der Waals surface area contributed by atoms with Crippen LogP contribution >= 0.6 is 0 Å². The van der Waals surface area contributed by atoms with E-state index in [0.29, 0.717) is 0 Å². The molecule has 15 heavy (non-hydrogen) atoms. The van der Waals surface area contributed by atoms with Gasteiger partial charge >= 0.3 is 0 Å². The molecule has 0 aromatic carbocycles. The number of likely N-dealkylation sites (tertiary alicyclic amines) is 1. The van der Waals surface area contributed by atoms with Crippen LogP contribution in [0.2, 0.25) is 0 Å². The van der Waals surface area contributed by atoms with E-state index in [4.69, 9.17) is 0 Å². The molecule has 0 radical (unpaired) electrons. The minimum atomic E-state index is -0.131. The first kappa shape index (κ1) is 12.7. The van der Waals surface area contributed by atoms with E-state index in [1.165, 1.54) is 5.57 Å². The van der Waals surface area contributed by atoms with Crippen LogP contribution in [-0.4, -0.2) is 47.8 Å². The molecule has 0 bridgehead atoms. The van der Waals surface area contributed by atoms with E-state index in [1.54, 1.807) is 0 Å². The molecule has 3 heteroatoms. The van der Waals surface area contributed by atoms with Gasteiger partial charge in [0.15, 0.2) is 0 Å². The normalized spacial score (nSPS) is 23.3. The first-order chi connectivity index (χ1) is 6.87. The Balaban J connectivity index is 2.19. The maximum absolute atomic E-state index is 9.38. The molecule has 1 heterocycles. The van der Waals surface area contributed by atoms with Crippen molar-refractivity contribution in [2.75, 3.05) is 26.2 Å². The zero-order chi connectivity index (χ0) is 11.5. The van der Waals surface area contributed by atoms with Crippen LogP contribution in [0.25, 0.3) is 0 Å². The van der Waals surface area contributed by atoms with Crippen molar-refractivity contribution in [1.29, 1.82) is 0 Å². The van der Waals surface area contributed by atoms with Gasteiger partial charge in [-0.1, -0.05) is 6.58 Å². The molecule has 0 aromatic rings. The van der Waals surface area contributed by atoms with Crippen molar-refractivity contribution in [1.82, 2.24) is 10.2 Å². The third-order valence-electron chi connectivity index (χ3n) is 2.56. The number of β-amino-alcohol motifs (C(OH)–C–C–N with tert-alkyl or cyclic N) is 1. The highest BCUT2D eigenvalue weighted by Crippen LogP contribution is 2.10. The van der Waals surface area contributed by atoms with Gasteiger partial charge in [-0.3, -0.25) is 4.90 Å². The van der Waals surface area contributed by atoms with Crippen LogP contribution in [0.3, 0.4) is 0 Å². The van der Waals surface area contributed by atoms with Crippen molar-refractivity contribution < 1.29 is 5.11 Å². The molecule has 1 unspecified atom stereocenters. The smallest absolute Gasteiger partial charge is 0.0679 e. The number of hydrogen-bond donors (Lipinski definition) is 2. The first-order valence-corrected chi connectivity index (χ1v) is 5.69. The summed E-state index contributed by atoms with van der Waals surface area (Å²) >= 11 is 0. The summed E-state index contributed by atoms with van der Waals surface area (Å²) in [7, 11) is 0. The monoisotopic (exact) mass is 212 g/mol. The lowest BCUT2D eigenvalue weighted by Gasteiger charge is -2.23. The maximum atomic E-state index is 9.38. The quantitative estimate of drug-likeness (QED) is 0.682. The Labute approximate surface area is 93.2 Å². The average molecular weight is 212 g/mol. The molecule has 3 nitrogen and oxygen atoms in total. The lowest BCUT2D eigenvalue weighted by molar-refractivity contribution is 0.179. The molecule has 1 rings (SSSR count). The van der Waals surface area contributed by atoms with Gasteiger partial charge in [-0.05, 0) is 32.8 Å². The van der Waals surface area contributed by atoms with Crippen LogP contribution in [0.4, 0.5) is 0 Å². The topological polar surface area (TPSA) is 35.5 Å². The average Bonchev–Trinajstić information content (AvgIpc) is 2.47. The van der Waals surface area contributed by atoms with Gasteiger partial charge in [-0.15, -0.1) is 0 Å². The fourth-order valence-electron chi connectivity index (χ4n) is 1.72. The molecule has 1 fully saturated rings. The van der Waals surface area contributed by atoms with E-state index in [9.17, 15) is 5.11 Å². The third kappa shape index (κ3) is 5.30. The van der Waals surface area contributed by atoms with Gasteiger partial charge in [0.25, 0.3) is 0 Å². The van der Waals surface area contributed by atoms with E-state index in [2.05, 4.69) is 37.6 Å². The van der Waals surface area contributed by atoms with Gasteiger partial charge in [0.05, 0.1) is 6.10 Å². The van der Waals surface area contributed by atoms with Crippen molar-refractivity contribution in [3.8, 4) is 0 Å². The molecule has 0 amide bonds. The van der Waals surface area contributed by atoms with Crippen LogP contribution in [-0.2, 0) is 0 Å². The summed E-state index contributed by atoms with van der Waals surface area (Å²) in [6.07, 6.45) is 0.772. The molecule has 0 saturated carbocycles. The standard InChI is InChI=1S/C12H24N2O/c1-10(7-13-12(2,3)4)8-14-6-5-11(15)9-14/h11,13,15H,1,5-9H2,2-4H3. The Bertz CT molecular complexity index is 220. The number of rotatable bonds is 4. The van der Waals surface area contributed by atoms with Crippen LogP contribution in [0.1, 0.15) is 27.2 Å². The number of aliphatic hydroxyl groups is 1. The van der Waals surface area contributed by atoms with Crippen LogP contribution in [0, 0.1) is 0 Å². The maximum Gasteiger partial charge on any atom is 0.0679 e. The van der Waals surface area contributed by atoms with Crippen LogP contribution in [0.15, 0.2) is 12.2 Å². The van der Waals surface area contributed by atoms with Gasteiger partial charge in [0, 0.05) is 31.7 Å². The zero-order valence-electron chi connectivity index (χ0n) is 10.2. The van der Waals surface area contributed by atoms with E-state index >= 15 is 0 Å². The molecule has 0 spiro atoms. The molecule has 2 N–H and O–H groups in total. The minimum absolute atomic E-state index is 0.131. The van der Waals surface area contributed by atoms with Gasteiger partial charge in [-0.2, -0.15) is 0 Å². The van der Waals surface area contributed by atoms with E-state index in [1.807, 2.05) is 0 Å². The van der Waals surface area contributed by atoms with Crippen molar-refractivity contribution >= 4 is 0 Å². The summed E-state index contributed by atoms with van der Waals surface area (Å²) in [6.45, 7) is 14.1. The van der Waals surface area contributed by atoms with Crippen LogP contribution in [0.5, 0.6) is 0 Å². The fourth-order valence-corrected chi connectivity index (χ4v) is 1.72. The highest BCUT2D eigenvalue weighted by atomic mass is 16.3. The van der Waals surface area contributed by atoms with Crippen molar-refractivity contribution in [3.63, 3.8) is 0 Å². The molecule has 1 saturated heterocycles. The Morgan fingerprint density at radius 3 is 2.67 bits per heavy atom. The van der Waals surface area contributed by atoms with Crippen molar-refractivity contribution in [2.24, 2.45) is 0 Å². The molecule has 1 aliphatic rings. The number of nitrogens with zero attached hydrogens (tertiary/aromatic N) is 1. The largest absolute Gasteiger partial charge is 0.392 e. The molecule has 1 atom stereocenters. The molecule has 88 valence electrons. The minimum Gasteiger partial charge on any atom is -0.392 e. The predicted octanol–water partition coefficient (Wildman–Crippen LogP) is 0.997. The second kappa shape index (κ2) is 5.10. The summed E-state index contributed by atoms with van der Waals surface area (Å²) in [5.74, 6) is 0. The van der Waals surface area contributed by atoms with Gasteiger partial charge < -0.3 is 10.4 Å². The number of hydrogen-bond acceptors (Lipinski definition) is 3. The lowest BCUT2D eigenvalue weighted by Crippen LogP contribution is -2.38. The second-order valence-corrected chi connectivity index (χ2v) is 5.53. The lowest BCUT2D eigenvalue weighted by atomic mass is 10.1. The zero-order valence-corrected chi connectivity index (χ0v) is 10.2. The van der Waals surface area contributed by atoms with Crippen molar-refractivity contribution in [3.05, 3.63) is 12.2 Å². The number of nitrogens with one attached hydrogen (secondary N) is 1. The van der Waals surface area contributed by atoms with Gasteiger partial charge in [0.1, 0.15) is 0 Å². The molecular formula is C12H24N2O. The fraction of sp³-hybridized carbons (Fsp3) is 0.833. The number of aliphatic hydroxyl groups excluding tert-OH is 1. The van der Waals surface area contributed by atoms with Crippen LogP contribution < -0.4 is 5.32 Å². The van der Waals surface area contributed by atoms with E-state index in [0.717, 1.165) is 32.6 Å². The summed E-state index contributed by atoms with van der Waals surface area (Å²) in [5, 5.41) is 12.8. The highest BCUT2D eigenvalue weighted by Gasteiger charge is 2.20. The Hall–Kier alpha value is -0.380. The summed E-state index contributed by atoms with van der Waals surface area (Å²) in [6, 6.07) is 0. The molecule has 0 aromatic heterocycles. The Morgan fingerprint density at radius 2 is 2.20 bits per heavy atom. The summed E-state index contributed by atoms with van der Waals surface area (Å²) in [4.78, 5) is 2.26. The third-order valence-corrected chi connectivity index (χ3v) is 2.56. The van der Waals surface area contributed by atoms with Gasteiger partial charge in [0.2, 0.25) is 0 Å². The Morgan fingerprint density at radius 1 is 1.53 bits per heavy atom. The van der Waals surface area contributed by atoms with Crippen molar-refractivity contribution in [2.45, 2.75) is 38.8 Å². The van der Waals surface area contributed by atoms with Gasteiger partial charge in [-0.25, -0.2) is 0 Å². The molecular weight excluding hydrogens is 188 g/mol. The Kier molecular flexibility index (Phi) is 4.32. The van der Waals surface area contributed by atoms with E-state index in [-0.39, 0.29) is 11.6 Å². The first-order valence-electron chi connectivity index (χ1n) is 5.69. The molecule has 1 aliphatic heterocycles. The summed E-state index contributed by atoms with van der Waals surface area (Å²) in [5.41, 5.74) is 1.34. The van der Waals surface area contributed by atoms with E-state index < -0.39 is 0 Å². The summed E-state index contributed by atoms with van der Waals surface area (Å²) < 4.78 is 0. The second-order valence-electron chi connectivity index (χ2n) is 5.53. The SMILES string of the molecule is C=C(CNC(C)(C)C)CN1CCC(O)C1.